The van der Waals surface area contributed by atoms with Crippen LogP contribution in [0.1, 0.15) is 18.4 Å². The zero-order chi connectivity index (χ0) is 12.3. The molecule has 0 unspecified atom stereocenters. The Morgan fingerprint density at radius 3 is 2.24 bits per heavy atom. The second-order valence-electron chi connectivity index (χ2n) is 5.10. The molecule has 1 aromatic rings. The van der Waals surface area contributed by atoms with Gasteiger partial charge in [-0.25, -0.2) is 0 Å². The van der Waals surface area contributed by atoms with E-state index >= 15 is 0 Å². The highest BCUT2D eigenvalue weighted by molar-refractivity contribution is 5.48. The Kier molecular flexibility index (Phi) is 4.06. The van der Waals surface area contributed by atoms with Gasteiger partial charge >= 0.3 is 0 Å². The summed E-state index contributed by atoms with van der Waals surface area (Å²) in [5, 5.41) is 0. The van der Waals surface area contributed by atoms with Crippen LogP contribution in [-0.2, 0) is 6.42 Å². The van der Waals surface area contributed by atoms with Gasteiger partial charge in [0, 0.05) is 24.8 Å². The van der Waals surface area contributed by atoms with Crippen LogP contribution in [0.5, 0.6) is 0 Å². The first-order valence-electron chi connectivity index (χ1n) is 6.50. The highest BCUT2D eigenvalue weighted by Gasteiger charge is 2.20. The number of hydrogen-bond acceptors (Lipinski definition) is 2. The first-order valence-corrected chi connectivity index (χ1v) is 6.50. The molecule has 1 radical (unpaired) electrons. The molecule has 2 nitrogen and oxygen atoms in total. The molecule has 0 aromatic heterocycles. The van der Waals surface area contributed by atoms with Gasteiger partial charge in [-0.1, -0.05) is 12.1 Å². The quantitative estimate of drug-likeness (QED) is 0.789. The van der Waals surface area contributed by atoms with Gasteiger partial charge in [-0.3, -0.25) is 0 Å². The molecule has 1 saturated heterocycles. The van der Waals surface area contributed by atoms with E-state index in [-0.39, 0.29) is 0 Å². The first-order chi connectivity index (χ1) is 8.20. The molecule has 0 saturated carbocycles. The summed E-state index contributed by atoms with van der Waals surface area (Å²) in [6, 6.07) is 9.61. The fourth-order valence-electron chi connectivity index (χ4n) is 2.51. The van der Waals surface area contributed by atoms with Gasteiger partial charge < -0.3 is 9.80 Å². The topological polar surface area (TPSA) is 6.48 Å². The summed E-state index contributed by atoms with van der Waals surface area (Å²) in [5.74, 6) is 0. The summed E-state index contributed by atoms with van der Waals surface area (Å²) in [6.07, 6.45) is 3.41. The molecule has 93 valence electrons. The van der Waals surface area contributed by atoms with Crippen LogP contribution in [0, 0.1) is 6.92 Å². The fraction of sp³-hybridized carbons (Fsp3) is 0.533. The minimum Gasteiger partial charge on any atom is -0.371 e. The third kappa shape index (κ3) is 3.01. The maximum atomic E-state index is 3.91. The van der Waals surface area contributed by atoms with Crippen molar-refractivity contribution in [3.05, 3.63) is 36.8 Å². The van der Waals surface area contributed by atoms with Gasteiger partial charge in [-0.15, -0.1) is 0 Å². The van der Waals surface area contributed by atoms with Crippen LogP contribution in [0.2, 0.25) is 0 Å². The van der Waals surface area contributed by atoms with Gasteiger partial charge in [-0.2, -0.15) is 0 Å². The molecule has 0 aliphatic carbocycles. The maximum absolute atomic E-state index is 3.91. The molecule has 0 amide bonds. The molecule has 0 N–H and O–H groups in total. The van der Waals surface area contributed by atoms with Crippen LogP contribution in [0.15, 0.2) is 24.3 Å². The van der Waals surface area contributed by atoms with E-state index in [9.17, 15) is 0 Å². The van der Waals surface area contributed by atoms with Gasteiger partial charge in [0.25, 0.3) is 0 Å². The second kappa shape index (κ2) is 5.54. The van der Waals surface area contributed by atoms with E-state index in [1.165, 1.54) is 37.2 Å². The molecular weight excluding hydrogens is 208 g/mol. The molecular formula is C15H23N2. The molecule has 2 heteroatoms. The van der Waals surface area contributed by atoms with Crippen LogP contribution >= 0.6 is 0 Å². The van der Waals surface area contributed by atoms with E-state index in [0.717, 1.165) is 12.5 Å². The van der Waals surface area contributed by atoms with Crippen molar-refractivity contribution in [1.82, 2.24) is 4.90 Å². The largest absolute Gasteiger partial charge is 0.371 e. The van der Waals surface area contributed by atoms with Crippen LogP contribution < -0.4 is 4.90 Å². The molecule has 1 heterocycles. The van der Waals surface area contributed by atoms with Gasteiger partial charge in [0.05, 0.1) is 0 Å². The lowest BCUT2D eigenvalue weighted by atomic mass is 10.0. The van der Waals surface area contributed by atoms with Crippen molar-refractivity contribution in [3.8, 4) is 0 Å². The van der Waals surface area contributed by atoms with E-state index < -0.39 is 0 Å². The normalized spacial score (nSPS) is 17.8. The van der Waals surface area contributed by atoms with E-state index in [1.807, 2.05) is 0 Å². The third-order valence-corrected chi connectivity index (χ3v) is 3.78. The molecule has 1 aromatic carbocycles. The predicted molar refractivity (Wildman–Crippen MR) is 74.4 cm³/mol. The summed E-state index contributed by atoms with van der Waals surface area (Å²) < 4.78 is 0. The number of nitrogens with zero attached hydrogens (tertiary/aromatic N) is 2. The molecule has 1 aliphatic heterocycles. The number of hydrogen-bond donors (Lipinski definition) is 0. The van der Waals surface area contributed by atoms with Crippen molar-refractivity contribution < 1.29 is 0 Å². The highest BCUT2D eigenvalue weighted by atomic mass is 15.2. The van der Waals surface area contributed by atoms with Crippen molar-refractivity contribution in [2.75, 3.05) is 32.1 Å². The Labute approximate surface area is 105 Å². The summed E-state index contributed by atoms with van der Waals surface area (Å²) >= 11 is 0. The predicted octanol–water partition coefficient (Wildman–Crippen LogP) is 2.59. The molecule has 0 bridgehead atoms. The SMILES string of the molecule is [CH2]Cc1ccc(N2CCC(N(C)C)CC2)cc1. The lowest BCUT2D eigenvalue weighted by molar-refractivity contribution is 0.249. The summed E-state index contributed by atoms with van der Waals surface area (Å²) in [7, 11) is 4.37. The Bertz CT molecular complexity index is 334. The van der Waals surface area contributed by atoms with Gasteiger partial charge in [0.2, 0.25) is 0 Å². The lowest BCUT2D eigenvalue weighted by Gasteiger charge is -2.36. The zero-order valence-corrected chi connectivity index (χ0v) is 11.0. The van der Waals surface area contributed by atoms with E-state index in [0.29, 0.717) is 0 Å². The van der Waals surface area contributed by atoms with Crippen LogP contribution in [-0.4, -0.2) is 38.1 Å². The third-order valence-electron chi connectivity index (χ3n) is 3.78. The molecule has 0 spiro atoms. The van der Waals surface area contributed by atoms with E-state index in [2.05, 4.69) is 55.1 Å². The van der Waals surface area contributed by atoms with Crippen molar-refractivity contribution in [2.45, 2.75) is 25.3 Å². The first kappa shape index (κ1) is 12.4. The highest BCUT2D eigenvalue weighted by Crippen LogP contribution is 2.22. The fourth-order valence-corrected chi connectivity index (χ4v) is 2.51. The van der Waals surface area contributed by atoms with Crippen molar-refractivity contribution in [1.29, 1.82) is 0 Å². The van der Waals surface area contributed by atoms with Crippen molar-refractivity contribution >= 4 is 5.69 Å². The molecule has 17 heavy (non-hydrogen) atoms. The molecule has 2 rings (SSSR count). The molecule has 1 aliphatic rings. The second-order valence-corrected chi connectivity index (χ2v) is 5.10. The minimum atomic E-state index is 0.755. The summed E-state index contributed by atoms with van der Waals surface area (Å²) in [5.41, 5.74) is 2.68. The molecule has 0 atom stereocenters. The molecule has 1 fully saturated rings. The Morgan fingerprint density at radius 2 is 1.76 bits per heavy atom. The van der Waals surface area contributed by atoms with E-state index in [1.54, 1.807) is 0 Å². The van der Waals surface area contributed by atoms with Gasteiger partial charge in [0.15, 0.2) is 0 Å². The average molecular weight is 231 g/mol. The number of anilines is 1. The monoisotopic (exact) mass is 231 g/mol. The van der Waals surface area contributed by atoms with Gasteiger partial charge in [-0.05, 0) is 58.0 Å². The standard InChI is InChI=1S/C15H23N2/c1-4-13-5-7-15(8-6-13)17-11-9-14(10-12-17)16(2)3/h5-8,14H,1,4,9-12H2,2-3H3. The average Bonchev–Trinajstić information content (AvgIpc) is 2.39. The van der Waals surface area contributed by atoms with Crippen LogP contribution in [0.3, 0.4) is 0 Å². The van der Waals surface area contributed by atoms with Crippen LogP contribution in [0.25, 0.3) is 0 Å². The van der Waals surface area contributed by atoms with Gasteiger partial charge in [0.1, 0.15) is 0 Å². The summed E-state index contributed by atoms with van der Waals surface area (Å²) in [6.45, 7) is 6.25. The summed E-state index contributed by atoms with van der Waals surface area (Å²) in [4.78, 5) is 4.84. The number of rotatable bonds is 3. The Morgan fingerprint density at radius 1 is 1.18 bits per heavy atom. The van der Waals surface area contributed by atoms with E-state index in [4.69, 9.17) is 0 Å². The smallest absolute Gasteiger partial charge is 0.0366 e. The zero-order valence-electron chi connectivity index (χ0n) is 11.0. The van der Waals surface area contributed by atoms with Crippen molar-refractivity contribution in [2.24, 2.45) is 0 Å². The number of benzene rings is 1. The Hall–Kier alpha value is -1.02. The minimum absolute atomic E-state index is 0.755. The lowest BCUT2D eigenvalue weighted by Crippen LogP contribution is -2.41. The number of piperidine rings is 1. The van der Waals surface area contributed by atoms with Crippen molar-refractivity contribution in [3.63, 3.8) is 0 Å². The Balaban J connectivity index is 1.95. The van der Waals surface area contributed by atoms with Crippen LogP contribution in [0.4, 0.5) is 5.69 Å². The maximum Gasteiger partial charge on any atom is 0.0366 e.